The monoisotopic (exact) mass is 367 g/mol. The van der Waals surface area contributed by atoms with Crippen LogP contribution in [0, 0.1) is 12.8 Å². The number of anilines is 1. The fourth-order valence-electron chi connectivity index (χ4n) is 2.71. The summed E-state index contributed by atoms with van der Waals surface area (Å²) in [6.07, 6.45) is 5.63. The average Bonchev–Trinajstić information content (AvgIpc) is 2.60. The smallest absolute Gasteiger partial charge is 0.256 e. The Hall–Kier alpha value is -2.23. The highest BCUT2D eigenvalue weighted by Gasteiger charge is 2.21. The number of benzene rings is 2. The van der Waals surface area contributed by atoms with E-state index >= 15 is 0 Å². The molecule has 0 aliphatic heterocycles. The summed E-state index contributed by atoms with van der Waals surface area (Å²) in [7, 11) is 0. The van der Waals surface area contributed by atoms with Gasteiger partial charge in [-0.3, -0.25) is 4.79 Å². The van der Waals surface area contributed by atoms with E-state index in [-0.39, 0.29) is 11.8 Å². The van der Waals surface area contributed by atoms with Crippen LogP contribution in [0.5, 0.6) is 0 Å². The minimum atomic E-state index is -0.188. The van der Waals surface area contributed by atoms with Crippen LogP contribution in [0.25, 0.3) is 11.1 Å². The molecule has 0 radical (unpaired) electrons. The van der Waals surface area contributed by atoms with Gasteiger partial charge in [-0.05, 0) is 36.3 Å². The summed E-state index contributed by atoms with van der Waals surface area (Å²) < 4.78 is 0. The number of thiocarbonyl (C=S) groups is 1. The second-order valence-corrected chi connectivity index (χ2v) is 6.93. The van der Waals surface area contributed by atoms with Gasteiger partial charge >= 0.3 is 0 Å². The fraction of sp³-hybridized carbons (Fsp3) is 0.143. The molecule has 2 nitrogen and oxygen atoms in total. The van der Waals surface area contributed by atoms with Gasteiger partial charge in [0.05, 0.1) is 5.57 Å². The molecule has 1 amide bonds. The van der Waals surface area contributed by atoms with Crippen LogP contribution in [0.3, 0.4) is 0 Å². The van der Waals surface area contributed by atoms with Crippen LogP contribution in [-0.4, -0.2) is 10.8 Å². The van der Waals surface area contributed by atoms with E-state index in [1.165, 1.54) is 0 Å². The van der Waals surface area contributed by atoms with E-state index < -0.39 is 0 Å². The molecule has 1 aliphatic carbocycles. The van der Waals surface area contributed by atoms with E-state index in [0.717, 1.165) is 22.4 Å². The van der Waals surface area contributed by atoms with Gasteiger partial charge in [-0.25, -0.2) is 0 Å². The Morgan fingerprint density at radius 3 is 2.72 bits per heavy atom. The van der Waals surface area contributed by atoms with Crippen molar-refractivity contribution in [1.82, 2.24) is 0 Å². The van der Waals surface area contributed by atoms with Gasteiger partial charge in [-0.2, -0.15) is 0 Å². The van der Waals surface area contributed by atoms with E-state index in [4.69, 9.17) is 23.8 Å². The molecule has 3 rings (SSSR count). The van der Waals surface area contributed by atoms with Crippen molar-refractivity contribution in [2.75, 3.05) is 5.32 Å². The zero-order valence-corrected chi connectivity index (χ0v) is 15.6. The molecule has 0 bridgehead atoms. The Labute approximate surface area is 158 Å². The number of amides is 1. The van der Waals surface area contributed by atoms with Gasteiger partial charge in [0.25, 0.3) is 5.91 Å². The largest absolute Gasteiger partial charge is 0.321 e. The summed E-state index contributed by atoms with van der Waals surface area (Å²) >= 11 is 11.7. The maximum Gasteiger partial charge on any atom is 0.256 e. The molecule has 1 N–H and O–H groups in total. The maximum atomic E-state index is 12.7. The summed E-state index contributed by atoms with van der Waals surface area (Å²) in [6, 6.07) is 13.6. The summed E-state index contributed by atoms with van der Waals surface area (Å²) in [4.78, 5) is 13.4. The van der Waals surface area contributed by atoms with Crippen LogP contribution in [0.4, 0.5) is 5.69 Å². The lowest BCUT2D eigenvalue weighted by Crippen LogP contribution is -2.24. The number of rotatable bonds is 3. The van der Waals surface area contributed by atoms with Gasteiger partial charge in [0.2, 0.25) is 0 Å². The molecule has 1 atom stereocenters. The van der Waals surface area contributed by atoms with Crippen molar-refractivity contribution in [1.29, 1.82) is 0 Å². The van der Waals surface area contributed by atoms with Crippen LogP contribution >= 0.6 is 23.8 Å². The number of aryl methyl sites for hydroxylation is 1. The first-order valence-corrected chi connectivity index (χ1v) is 8.85. The number of hydrogen-bond acceptors (Lipinski definition) is 2. The van der Waals surface area contributed by atoms with Gasteiger partial charge in [0.1, 0.15) is 0 Å². The van der Waals surface area contributed by atoms with Crippen molar-refractivity contribution >= 4 is 40.3 Å². The first kappa shape index (κ1) is 17.6. The normalized spacial score (nSPS) is 16.5. The number of para-hydroxylation sites is 1. The average molecular weight is 368 g/mol. The third-order valence-electron chi connectivity index (χ3n) is 4.24. The molecule has 1 aliphatic rings. The minimum absolute atomic E-state index is 0.0897. The molecule has 0 spiro atoms. The molecular formula is C21H18ClNOS. The number of halogens is 1. The molecule has 126 valence electrons. The van der Waals surface area contributed by atoms with Crippen molar-refractivity contribution < 1.29 is 4.79 Å². The van der Waals surface area contributed by atoms with Crippen molar-refractivity contribution in [2.24, 2.45) is 5.92 Å². The zero-order chi connectivity index (χ0) is 18.0. The van der Waals surface area contributed by atoms with E-state index in [1.807, 2.05) is 68.5 Å². The second kappa shape index (κ2) is 7.34. The quantitative estimate of drug-likeness (QED) is 0.699. The molecule has 0 heterocycles. The number of hydrogen-bond donors (Lipinski definition) is 1. The molecule has 1 unspecified atom stereocenters. The highest BCUT2D eigenvalue weighted by molar-refractivity contribution is 7.81. The molecule has 0 fully saturated rings. The van der Waals surface area contributed by atoms with Crippen LogP contribution in [0.15, 0.2) is 66.3 Å². The van der Waals surface area contributed by atoms with Gasteiger partial charge < -0.3 is 5.32 Å². The Kier molecular flexibility index (Phi) is 5.16. The van der Waals surface area contributed by atoms with Gasteiger partial charge in [0.15, 0.2) is 0 Å². The SMILES string of the molecule is Cc1ccc(-c2ccccc2NC(=O)C2=CC=CC(C)C2=S)cc1Cl. The molecule has 0 aromatic heterocycles. The molecular weight excluding hydrogens is 350 g/mol. The molecule has 2 aromatic carbocycles. The van der Waals surface area contributed by atoms with Crippen LogP contribution in [0.2, 0.25) is 5.02 Å². The van der Waals surface area contributed by atoms with Crippen LogP contribution in [-0.2, 0) is 4.79 Å². The lowest BCUT2D eigenvalue weighted by molar-refractivity contribution is -0.112. The molecule has 0 saturated carbocycles. The number of nitrogens with one attached hydrogen (secondary N) is 1. The third-order valence-corrected chi connectivity index (χ3v) is 5.24. The van der Waals surface area contributed by atoms with E-state index in [9.17, 15) is 4.79 Å². The van der Waals surface area contributed by atoms with Gasteiger partial charge in [-0.1, -0.05) is 73.2 Å². The Morgan fingerprint density at radius 2 is 1.96 bits per heavy atom. The Balaban J connectivity index is 1.93. The topological polar surface area (TPSA) is 29.1 Å². The van der Waals surface area contributed by atoms with Crippen molar-refractivity contribution in [3.8, 4) is 11.1 Å². The highest BCUT2D eigenvalue weighted by atomic mass is 35.5. The number of carbonyl (C=O) groups is 1. The predicted octanol–water partition coefficient (Wildman–Crippen LogP) is 5.76. The maximum absolute atomic E-state index is 12.7. The summed E-state index contributed by atoms with van der Waals surface area (Å²) in [5.41, 5.74) is 4.18. The first-order valence-electron chi connectivity index (χ1n) is 8.07. The fourth-order valence-corrected chi connectivity index (χ4v) is 3.13. The lowest BCUT2D eigenvalue weighted by Gasteiger charge is -2.17. The number of carbonyl (C=O) groups excluding carboxylic acids is 1. The van der Waals surface area contributed by atoms with Crippen LogP contribution < -0.4 is 5.32 Å². The van der Waals surface area contributed by atoms with E-state index in [2.05, 4.69) is 5.32 Å². The van der Waals surface area contributed by atoms with Crippen molar-refractivity contribution in [3.63, 3.8) is 0 Å². The summed E-state index contributed by atoms with van der Waals surface area (Å²) in [5.74, 6) is -0.0984. The zero-order valence-electron chi connectivity index (χ0n) is 14.0. The summed E-state index contributed by atoms with van der Waals surface area (Å²) in [6.45, 7) is 3.95. The minimum Gasteiger partial charge on any atom is -0.321 e. The first-order chi connectivity index (χ1) is 12.0. The lowest BCUT2D eigenvalue weighted by atomic mass is 9.95. The van der Waals surface area contributed by atoms with Crippen molar-refractivity contribution in [2.45, 2.75) is 13.8 Å². The Bertz CT molecular complexity index is 914. The van der Waals surface area contributed by atoms with Gasteiger partial charge in [-0.15, -0.1) is 0 Å². The van der Waals surface area contributed by atoms with Crippen molar-refractivity contribution in [3.05, 3.63) is 76.9 Å². The second-order valence-electron chi connectivity index (χ2n) is 6.08. The molecule has 25 heavy (non-hydrogen) atoms. The molecule has 2 aromatic rings. The van der Waals surface area contributed by atoms with E-state index in [1.54, 1.807) is 6.08 Å². The summed E-state index contributed by atoms with van der Waals surface area (Å²) in [5, 5.41) is 3.69. The Morgan fingerprint density at radius 1 is 1.20 bits per heavy atom. The van der Waals surface area contributed by atoms with Crippen LogP contribution in [0.1, 0.15) is 12.5 Å². The molecule has 0 saturated heterocycles. The standard InChI is InChI=1S/C21H18ClNOS/c1-13-10-11-15(12-18(13)22)16-7-3-4-9-19(16)23-21(24)17-8-5-6-14(2)20(17)25/h3-12,14H,1-2H3,(H,23,24). The van der Waals surface area contributed by atoms with E-state index in [0.29, 0.717) is 15.5 Å². The molecule has 4 heteroatoms. The highest BCUT2D eigenvalue weighted by Crippen LogP contribution is 2.31. The van der Waals surface area contributed by atoms with Gasteiger partial charge in [0, 0.05) is 27.1 Å². The number of allylic oxidation sites excluding steroid dienone is 3. The third kappa shape index (κ3) is 3.73. The predicted molar refractivity (Wildman–Crippen MR) is 109 cm³/mol.